The number of nitrogens with zero attached hydrogens (tertiary/aromatic N) is 3. The molecule has 41 heavy (non-hydrogen) atoms. The monoisotopic (exact) mass is 541 g/mol. The van der Waals surface area contributed by atoms with Crippen molar-refractivity contribution < 1.29 is 0 Å². The van der Waals surface area contributed by atoms with E-state index in [9.17, 15) is 0 Å². The van der Waals surface area contributed by atoms with Crippen LogP contribution in [0.2, 0.25) is 0 Å². The summed E-state index contributed by atoms with van der Waals surface area (Å²) in [7, 11) is 1.98. The Hall–Kier alpha value is -3.98. The standard InChI is InChI=1S/C38H43N3/c1-9-10-35-39-36(40-41(35)8)29-13-11-26(12-14-29)30-23-31(27-15-19-33(20-16-27)37(2,3)4)25-32(24-30)28-17-21-34(22-18-28)38(5,6)7/h11-25H,9-10H2,1-8H3. The zero-order valence-electron chi connectivity index (χ0n) is 25.9. The Kier molecular flexibility index (Phi) is 7.74. The molecule has 0 N–H and O–H groups in total. The van der Waals surface area contributed by atoms with E-state index in [1.54, 1.807) is 0 Å². The Morgan fingerprint density at radius 3 is 1.27 bits per heavy atom. The minimum Gasteiger partial charge on any atom is -0.253 e. The van der Waals surface area contributed by atoms with Crippen LogP contribution in [0.5, 0.6) is 0 Å². The van der Waals surface area contributed by atoms with E-state index in [0.29, 0.717) is 0 Å². The third-order valence-electron chi connectivity index (χ3n) is 7.90. The van der Waals surface area contributed by atoms with Crippen molar-refractivity contribution in [2.24, 2.45) is 7.05 Å². The molecule has 0 bridgehead atoms. The molecule has 0 aliphatic heterocycles. The Morgan fingerprint density at radius 1 is 0.537 bits per heavy atom. The van der Waals surface area contributed by atoms with E-state index in [-0.39, 0.29) is 10.8 Å². The van der Waals surface area contributed by atoms with Gasteiger partial charge in [0.1, 0.15) is 5.82 Å². The second-order valence-corrected chi connectivity index (χ2v) is 13.3. The summed E-state index contributed by atoms with van der Waals surface area (Å²) in [6.45, 7) is 15.7. The molecule has 0 atom stereocenters. The molecule has 0 amide bonds. The van der Waals surface area contributed by atoms with Gasteiger partial charge in [0.05, 0.1) is 0 Å². The Morgan fingerprint density at radius 2 is 0.902 bits per heavy atom. The first-order chi connectivity index (χ1) is 19.4. The van der Waals surface area contributed by atoms with Crippen molar-refractivity contribution in [2.45, 2.75) is 72.1 Å². The summed E-state index contributed by atoms with van der Waals surface area (Å²) in [5.74, 6) is 1.81. The summed E-state index contributed by atoms with van der Waals surface area (Å²) < 4.78 is 1.90. The van der Waals surface area contributed by atoms with Crippen LogP contribution in [0.25, 0.3) is 44.8 Å². The lowest BCUT2D eigenvalue weighted by molar-refractivity contribution is 0.590. The van der Waals surface area contributed by atoms with Gasteiger partial charge in [0, 0.05) is 19.0 Å². The summed E-state index contributed by atoms with van der Waals surface area (Å²) in [5.41, 5.74) is 11.3. The first-order valence-corrected chi connectivity index (χ1v) is 14.8. The van der Waals surface area contributed by atoms with Gasteiger partial charge in [-0.2, -0.15) is 5.10 Å². The van der Waals surface area contributed by atoms with Gasteiger partial charge < -0.3 is 0 Å². The van der Waals surface area contributed by atoms with E-state index in [4.69, 9.17) is 4.98 Å². The van der Waals surface area contributed by atoms with E-state index in [1.165, 1.54) is 44.5 Å². The number of rotatable bonds is 6. The second-order valence-electron chi connectivity index (χ2n) is 13.3. The first-order valence-electron chi connectivity index (χ1n) is 14.8. The highest BCUT2D eigenvalue weighted by Gasteiger charge is 2.16. The largest absolute Gasteiger partial charge is 0.253 e. The van der Waals surface area contributed by atoms with E-state index < -0.39 is 0 Å². The molecular weight excluding hydrogens is 498 g/mol. The number of benzene rings is 4. The minimum absolute atomic E-state index is 0.127. The van der Waals surface area contributed by atoms with Crippen molar-refractivity contribution in [3.63, 3.8) is 0 Å². The van der Waals surface area contributed by atoms with Crippen LogP contribution in [0, 0.1) is 0 Å². The molecule has 4 aromatic carbocycles. The van der Waals surface area contributed by atoms with Gasteiger partial charge in [-0.25, -0.2) is 4.98 Å². The Labute approximate surface area is 246 Å². The Bertz CT molecular complexity index is 1550. The summed E-state index contributed by atoms with van der Waals surface area (Å²) in [4.78, 5) is 4.78. The van der Waals surface area contributed by atoms with Crippen LogP contribution in [0.15, 0.2) is 91.0 Å². The Balaban J connectivity index is 1.56. The molecule has 5 aromatic rings. The topological polar surface area (TPSA) is 30.7 Å². The maximum atomic E-state index is 4.78. The first kappa shape index (κ1) is 28.5. The summed E-state index contributed by atoms with van der Waals surface area (Å²) in [6, 6.07) is 33.7. The SMILES string of the molecule is CCCc1nc(-c2ccc(-c3cc(-c4ccc(C(C)(C)C)cc4)cc(-c4ccc(C(C)(C)C)cc4)c3)cc2)nn1C. The fraction of sp³-hybridized carbons (Fsp3) is 0.316. The van der Waals surface area contributed by atoms with Crippen LogP contribution < -0.4 is 0 Å². The molecule has 0 radical (unpaired) electrons. The van der Waals surface area contributed by atoms with Crippen molar-refractivity contribution in [3.05, 3.63) is 108 Å². The van der Waals surface area contributed by atoms with Gasteiger partial charge in [0.15, 0.2) is 5.82 Å². The van der Waals surface area contributed by atoms with Crippen LogP contribution in [0.4, 0.5) is 0 Å². The van der Waals surface area contributed by atoms with Gasteiger partial charge in [-0.05, 0) is 80.0 Å². The molecule has 1 aromatic heterocycles. The average molecular weight is 542 g/mol. The number of aromatic nitrogens is 3. The van der Waals surface area contributed by atoms with Crippen LogP contribution >= 0.6 is 0 Å². The van der Waals surface area contributed by atoms with Crippen molar-refractivity contribution in [3.8, 4) is 44.8 Å². The van der Waals surface area contributed by atoms with Crippen molar-refractivity contribution >= 4 is 0 Å². The lowest BCUT2D eigenvalue weighted by Gasteiger charge is -2.20. The van der Waals surface area contributed by atoms with E-state index in [1.807, 2.05) is 11.7 Å². The van der Waals surface area contributed by atoms with Gasteiger partial charge in [-0.3, -0.25) is 4.68 Å². The summed E-state index contributed by atoms with van der Waals surface area (Å²) in [6.07, 6.45) is 1.99. The van der Waals surface area contributed by atoms with Crippen molar-refractivity contribution in [2.75, 3.05) is 0 Å². The second kappa shape index (κ2) is 11.1. The molecule has 0 aliphatic rings. The molecule has 0 saturated carbocycles. The fourth-order valence-corrected chi connectivity index (χ4v) is 5.25. The lowest BCUT2D eigenvalue weighted by Crippen LogP contribution is -2.10. The molecule has 3 heteroatoms. The minimum atomic E-state index is 0.127. The van der Waals surface area contributed by atoms with Crippen LogP contribution in [0.1, 0.15) is 71.8 Å². The molecule has 0 unspecified atom stereocenters. The van der Waals surface area contributed by atoms with E-state index in [0.717, 1.165) is 30.1 Å². The van der Waals surface area contributed by atoms with Crippen LogP contribution in [0.3, 0.4) is 0 Å². The van der Waals surface area contributed by atoms with Crippen LogP contribution in [-0.4, -0.2) is 14.8 Å². The molecule has 5 rings (SSSR count). The zero-order chi connectivity index (χ0) is 29.4. The summed E-state index contributed by atoms with van der Waals surface area (Å²) in [5, 5.41) is 4.66. The van der Waals surface area contributed by atoms with E-state index in [2.05, 4.69) is 145 Å². The molecule has 1 heterocycles. The van der Waals surface area contributed by atoms with Gasteiger partial charge in [0.2, 0.25) is 0 Å². The number of hydrogen-bond donors (Lipinski definition) is 0. The van der Waals surface area contributed by atoms with Gasteiger partial charge in [-0.1, -0.05) is 121 Å². The zero-order valence-corrected chi connectivity index (χ0v) is 25.9. The lowest BCUT2D eigenvalue weighted by atomic mass is 9.85. The smallest absolute Gasteiger partial charge is 0.181 e. The van der Waals surface area contributed by atoms with Gasteiger partial charge >= 0.3 is 0 Å². The number of hydrogen-bond acceptors (Lipinski definition) is 2. The summed E-state index contributed by atoms with van der Waals surface area (Å²) >= 11 is 0. The maximum absolute atomic E-state index is 4.78. The highest BCUT2D eigenvalue weighted by Crippen LogP contribution is 2.35. The van der Waals surface area contributed by atoms with Crippen LogP contribution in [-0.2, 0) is 24.3 Å². The predicted molar refractivity (Wildman–Crippen MR) is 174 cm³/mol. The molecule has 0 fully saturated rings. The van der Waals surface area contributed by atoms with Gasteiger partial charge in [0.25, 0.3) is 0 Å². The fourth-order valence-electron chi connectivity index (χ4n) is 5.25. The maximum Gasteiger partial charge on any atom is 0.181 e. The molecular formula is C38H43N3. The van der Waals surface area contributed by atoms with Crippen molar-refractivity contribution in [1.29, 1.82) is 0 Å². The third-order valence-corrected chi connectivity index (χ3v) is 7.90. The third kappa shape index (κ3) is 6.35. The molecule has 0 spiro atoms. The molecule has 210 valence electrons. The van der Waals surface area contributed by atoms with Crippen molar-refractivity contribution in [1.82, 2.24) is 14.8 Å². The highest BCUT2D eigenvalue weighted by atomic mass is 15.3. The number of aryl methyl sites for hydroxylation is 2. The molecule has 3 nitrogen and oxygen atoms in total. The predicted octanol–water partition coefficient (Wildman–Crippen LogP) is 10.0. The highest BCUT2D eigenvalue weighted by molar-refractivity contribution is 5.82. The normalized spacial score (nSPS) is 12.1. The van der Waals surface area contributed by atoms with Gasteiger partial charge in [-0.15, -0.1) is 0 Å². The average Bonchev–Trinajstić information content (AvgIpc) is 3.32. The quantitative estimate of drug-likeness (QED) is 0.214. The molecule has 0 saturated heterocycles. The molecule has 0 aliphatic carbocycles. The van der Waals surface area contributed by atoms with E-state index >= 15 is 0 Å².